The van der Waals surface area contributed by atoms with Crippen LogP contribution in [0.1, 0.15) is 207 Å². The van der Waals surface area contributed by atoms with Gasteiger partial charge in [-0.1, -0.05) is 181 Å². The maximum Gasteiger partial charge on any atom is 0.305 e. The summed E-state index contributed by atoms with van der Waals surface area (Å²) >= 11 is 0. The molecule has 0 unspecified atom stereocenters. The fraction of sp³-hybridized carbons (Fsp3) is 0.947. The number of esters is 2. The number of aliphatic hydroxyl groups is 1. The van der Waals surface area contributed by atoms with Crippen molar-refractivity contribution in [2.45, 2.75) is 213 Å². The molecule has 0 aliphatic rings. The van der Waals surface area contributed by atoms with E-state index < -0.39 is 6.10 Å². The first-order valence-corrected chi connectivity index (χ1v) is 18.9. The number of rotatable bonds is 34. The van der Waals surface area contributed by atoms with Crippen molar-refractivity contribution in [3.63, 3.8) is 0 Å². The molecule has 1 N–H and O–H groups in total. The fourth-order valence-corrected chi connectivity index (χ4v) is 5.62. The topological polar surface area (TPSA) is 72.8 Å². The van der Waals surface area contributed by atoms with Crippen molar-refractivity contribution in [2.75, 3.05) is 13.2 Å². The highest BCUT2D eigenvalue weighted by atomic mass is 16.6. The van der Waals surface area contributed by atoms with Crippen LogP contribution in [0, 0.1) is 5.92 Å². The molecule has 0 heterocycles. The summed E-state index contributed by atoms with van der Waals surface area (Å²) in [6, 6.07) is 0. The van der Waals surface area contributed by atoms with Crippen molar-refractivity contribution in [3.05, 3.63) is 0 Å². The number of hydrogen-bond acceptors (Lipinski definition) is 5. The Morgan fingerprint density at radius 2 is 0.744 bits per heavy atom. The van der Waals surface area contributed by atoms with Crippen molar-refractivity contribution in [3.8, 4) is 0 Å². The molecule has 0 saturated carbocycles. The second-order valence-corrected chi connectivity index (χ2v) is 13.5. The van der Waals surface area contributed by atoms with Gasteiger partial charge in [-0.15, -0.1) is 0 Å². The number of carbonyl (C=O) groups is 2. The Morgan fingerprint density at radius 3 is 1.05 bits per heavy atom. The van der Waals surface area contributed by atoms with E-state index in [1.54, 1.807) is 0 Å². The quantitative estimate of drug-likeness (QED) is 0.0579. The minimum Gasteiger partial charge on any atom is -0.463 e. The van der Waals surface area contributed by atoms with Crippen LogP contribution < -0.4 is 0 Å². The standard InChI is InChI=1S/C38H74O5/c1-4-5-6-7-8-9-10-11-12-13-14-15-16-19-22-25-28-31-37(40)42-33-36(39)34-43-38(41)32-29-26-23-20-17-18-21-24-27-30-35(2)3/h35-36,39H,4-34H2,1-3H3/t36-/m0/s1. The molecule has 0 spiro atoms. The first-order valence-electron chi connectivity index (χ1n) is 18.9. The van der Waals surface area contributed by atoms with E-state index in [9.17, 15) is 14.7 Å². The van der Waals surface area contributed by atoms with Gasteiger partial charge < -0.3 is 14.6 Å². The van der Waals surface area contributed by atoms with Crippen molar-refractivity contribution in [1.82, 2.24) is 0 Å². The van der Waals surface area contributed by atoms with Crippen LogP contribution in [0.5, 0.6) is 0 Å². The van der Waals surface area contributed by atoms with Crippen LogP contribution in [0.4, 0.5) is 0 Å². The summed E-state index contributed by atoms with van der Waals surface area (Å²) in [6.07, 6.45) is 34.4. The molecule has 0 saturated heterocycles. The lowest BCUT2D eigenvalue weighted by Gasteiger charge is -2.12. The minimum absolute atomic E-state index is 0.109. The average Bonchev–Trinajstić information content (AvgIpc) is 2.99. The number of carbonyl (C=O) groups excluding carboxylic acids is 2. The molecule has 43 heavy (non-hydrogen) atoms. The maximum absolute atomic E-state index is 11.9. The first kappa shape index (κ1) is 41.9. The third-order valence-corrected chi connectivity index (χ3v) is 8.52. The lowest BCUT2D eigenvalue weighted by molar-refractivity contribution is -0.152. The smallest absolute Gasteiger partial charge is 0.305 e. The molecule has 0 amide bonds. The molecule has 5 nitrogen and oxygen atoms in total. The average molecular weight is 611 g/mol. The molecule has 0 rings (SSSR count). The summed E-state index contributed by atoms with van der Waals surface area (Å²) in [7, 11) is 0. The van der Waals surface area contributed by atoms with Crippen molar-refractivity contribution in [2.24, 2.45) is 5.92 Å². The van der Waals surface area contributed by atoms with E-state index in [2.05, 4.69) is 20.8 Å². The molecule has 0 aliphatic carbocycles. The zero-order chi connectivity index (χ0) is 31.6. The molecule has 0 aromatic carbocycles. The summed E-state index contributed by atoms with van der Waals surface area (Å²) < 4.78 is 10.3. The molecule has 0 aromatic heterocycles. The van der Waals surface area contributed by atoms with E-state index in [0.29, 0.717) is 12.8 Å². The fourth-order valence-electron chi connectivity index (χ4n) is 5.62. The predicted molar refractivity (Wildman–Crippen MR) is 182 cm³/mol. The van der Waals surface area contributed by atoms with Gasteiger partial charge in [0, 0.05) is 12.8 Å². The number of aliphatic hydroxyl groups excluding tert-OH is 1. The van der Waals surface area contributed by atoms with Gasteiger partial charge in [-0.2, -0.15) is 0 Å². The number of hydrogen-bond donors (Lipinski definition) is 1. The highest BCUT2D eigenvalue weighted by Crippen LogP contribution is 2.15. The summed E-state index contributed by atoms with van der Waals surface area (Å²) in [6.45, 7) is 6.64. The molecule has 256 valence electrons. The van der Waals surface area contributed by atoms with Gasteiger partial charge >= 0.3 is 11.9 Å². The lowest BCUT2D eigenvalue weighted by Crippen LogP contribution is -2.25. The normalized spacial score (nSPS) is 12.1. The highest BCUT2D eigenvalue weighted by molar-refractivity contribution is 5.69. The van der Waals surface area contributed by atoms with E-state index in [-0.39, 0.29) is 25.2 Å². The molecular weight excluding hydrogens is 536 g/mol. The van der Waals surface area contributed by atoms with E-state index in [0.717, 1.165) is 38.0 Å². The van der Waals surface area contributed by atoms with Gasteiger partial charge in [0.15, 0.2) is 0 Å². The second kappa shape index (κ2) is 33.8. The predicted octanol–water partition coefficient (Wildman–Crippen LogP) is 11.4. The van der Waals surface area contributed by atoms with E-state index in [1.807, 2.05) is 0 Å². The maximum atomic E-state index is 11.9. The van der Waals surface area contributed by atoms with Crippen LogP contribution in [0.3, 0.4) is 0 Å². The molecule has 0 aromatic rings. The van der Waals surface area contributed by atoms with E-state index in [4.69, 9.17) is 9.47 Å². The zero-order valence-electron chi connectivity index (χ0n) is 29.2. The first-order chi connectivity index (χ1) is 21.0. The Labute approximate surface area is 268 Å². The van der Waals surface area contributed by atoms with E-state index >= 15 is 0 Å². The third-order valence-electron chi connectivity index (χ3n) is 8.52. The molecule has 0 bridgehead atoms. The summed E-state index contributed by atoms with van der Waals surface area (Å²) in [5.41, 5.74) is 0. The van der Waals surface area contributed by atoms with Gasteiger partial charge in [0.05, 0.1) is 0 Å². The Morgan fingerprint density at radius 1 is 0.465 bits per heavy atom. The van der Waals surface area contributed by atoms with Gasteiger partial charge in [0.2, 0.25) is 0 Å². The van der Waals surface area contributed by atoms with Gasteiger partial charge in [-0.25, -0.2) is 0 Å². The monoisotopic (exact) mass is 611 g/mol. The molecule has 0 aliphatic heterocycles. The van der Waals surface area contributed by atoms with Crippen LogP contribution in [0.25, 0.3) is 0 Å². The molecular formula is C38H74O5. The van der Waals surface area contributed by atoms with Crippen molar-refractivity contribution >= 4 is 11.9 Å². The summed E-state index contributed by atoms with van der Waals surface area (Å²) in [5.74, 6) is 0.265. The van der Waals surface area contributed by atoms with Crippen LogP contribution in [0.2, 0.25) is 0 Å². The SMILES string of the molecule is CCCCCCCCCCCCCCCCCCCC(=O)OC[C@H](O)COC(=O)CCCCCCCCCCCC(C)C. The van der Waals surface area contributed by atoms with Crippen LogP contribution >= 0.6 is 0 Å². The van der Waals surface area contributed by atoms with Gasteiger partial charge in [0.25, 0.3) is 0 Å². The lowest BCUT2D eigenvalue weighted by atomic mass is 10.0. The molecule has 1 atom stereocenters. The molecule has 0 fully saturated rings. The van der Waals surface area contributed by atoms with Crippen molar-refractivity contribution < 1.29 is 24.2 Å². The Balaban J connectivity index is 3.38. The van der Waals surface area contributed by atoms with Gasteiger partial charge in [-0.3, -0.25) is 9.59 Å². The minimum atomic E-state index is -0.955. The number of ether oxygens (including phenoxy) is 2. The Bertz CT molecular complexity index is 591. The van der Waals surface area contributed by atoms with E-state index in [1.165, 1.54) is 141 Å². The Kier molecular flexibility index (Phi) is 32.9. The van der Waals surface area contributed by atoms with Gasteiger partial charge in [-0.05, 0) is 18.8 Å². The third kappa shape index (κ3) is 35.3. The van der Waals surface area contributed by atoms with Crippen LogP contribution in [-0.2, 0) is 19.1 Å². The van der Waals surface area contributed by atoms with Gasteiger partial charge in [0.1, 0.15) is 19.3 Å². The highest BCUT2D eigenvalue weighted by Gasteiger charge is 2.12. The zero-order valence-corrected chi connectivity index (χ0v) is 29.2. The number of unbranched alkanes of at least 4 members (excludes halogenated alkanes) is 24. The Hall–Kier alpha value is -1.10. The summed E-state index contributed by atoms with van der Waals surface area (Å²) in [4.78, 5) is 23.9. The van der Waals surface area contributed by atoms with Crippen LogP contribution in [-0.4, -0.2) is 36.4 Å². The largest absolute Gasteiger partial charge is 0.463 e. The molecule has 5 heteroatoms. The molecule has 0 radical (unpaired) electrons. The van der Waals surface area contributed by atoms with Crippen LogP contribution in [0.15, 0.2) is 0 Å². The second-order valence-electron chi connectivity index (χ2n) is 13.5. The van der Waals surface area contributed by atoms with Crippen molar-refractivity contribution in [1.29, 1.82) is 0 Å². The summed E-state index contributed by atoms with van der Waals surface area (Å²) in [5, 5.41) is 9.99.